The SMILES string of the molecule is CCCn1c(C2CCCN(C(=O)c3cc(C(C)C)nc(N(C)C)n3)C2)nc2ccccc21. The van der Waals surface area contributed by atoms with Crippen LogP contribution in [0.4, 0.5) is 5.95 Å². The van der Waals surface area contributed by atoms with E-state index in [9.17, 15) is 4.79 Å². The van der Waals surface area contributed by atoms with Crippen LogP contribution in [0.25, 0.3) is 11.0 Å². The molecule has 1 aliphatic heterocycles. The molecule has 7 nitrogen and oxygen atoms in total. The lowest BCUT2D eigenvalue weighted by Crippen LogP contribution is -2.40. The van der Waals surface area contributed by atoms with Crippen LogP contribution >= 0.6 is 0 Å². The Kier molecular flexibility index (Phi) is 6.44. The van der Waals surface area contributed by atoms with E-state index in [1.807, 2.05) is 36.0 Å². The van der Waals surface area contributed by atoms with Gasteiger partial charge in [-0.2, -0.15) is 0 Å². The van der Waals surface area contributed by atoms with E-state index in [1.165, 1.54) is 5.52 Å². The molecule has 0 aliphatic carbocycles. The molecule has 1 atom stereocenters. The fourth-order valence-electron chi connectivity index (χ4n) is 4.46. The molecule has 0 N–H and O–H groups in total. The summed E-state index contributed by atoms with van der Waals surface area (Å²) in [7, 11) is 3.81. The van der Waals surface area contributed by atoms with Crippen LogP contribution in [0.15, 0.2) is 30.3 Å². The molecule has 0 saturated carbocycles. The van der Waals surface area contributed by atoms with E-state index in [0.29, 0.717) is 18.2 Å². The van der Waals surface area contributed by atoms with Crippen molar-refractivity contribution in [3.05, 3.63) is 47.5 Å². The summed E-state index contributed by atoms with van der Waals surface area (Å²) in [6, 6.07) is 10.2. The zero-order chi connectivity index (χ0) is 22.8. The third-order valence-corrected chi connectivity index (χ3v) is 6.15. The molecule has 4 rings (SSSR count). The predicted octanol–water partition coefficient (Wildman–Crippen LogP) is 4.45. The topological polar surface area (TPSA) is 67.2 Å². The maximum absolute atomic E-state index is 13.5. The molecular formula is C25H34N6O. The van der Waals surface area contributed by atoms with Gasteiger partial charge < -0.3 is 14.4 Å². The van der Waals surface area contributed by atoms with Crippen LogP contribution in [-0.4, -0.2) is 57.5 Å². The van der Waals surface area contributed by atoms with Gasteiger partial charge in [-0.05, 0) is 43.4 Å². The first-order valence-electron chi connectivity index (χ1n) is 11.7. The van der Waals surface area contributed by atoms with E-state index in [4.69, 9.17) is 4.98 Å². The number of anilines is 1. The van der Waals surface area contributed by atoms with Gasteiger partial charge in [0.05, 0.1) is 11.0 Å². The van der Waals surface area contributed by atoms with Crippen molar-refractivity contribution in [1.82, 2.24) is 24.4 Å². The molecule has 1 aliphatic rings. The molecule has 1 amide bonds. The summed E-state index contributed by atoms with van der Waals surface area (Å²) in [4.78, 5) is 31.5. The van der Waals surface area contributed by atoms with Crippen molar-refractivity contribution in [1.29, 1.82) is 0 Å². The average Bonchev–Trinajstić information content (AvgIpc) is 3.17. The zero-order valence-corrected chi connectivity index (χ0v) is 19.9. The lowest BCUT2D eigenvalue weighted by molar-refractivity contribution is 0.0697. The highest BCUT2D eigenvalue weighted by Crippen LogP contribution is 2.30. The van der Waals surface area contributed by atoms with E-state index in [-0.39, 0.29) is 17.7 Å². The molecule has 2 aromatic heterocycles. The molecule has 1 saturated heterocycles. The van der Waals surface area contributed by atoms with Crippen molar-refractivity contribution in [2.45, 2.75) is 58.4 Å². The Hall–Kier alpha value is -2.96. The maximum atomic E-state index is 13.5. The van der Waals surface area contributed by atoms with Crippen LogP contribution in [0.2, 0.25) is 0 Å². The number of carbonyl (C=O) groups is 1. The minimum Gasteiger partial charge on any atom is -0.347 e. The van der Waals surface area contributed by atoms with Crippen molar-refractivity contribution in [2.75, 3.05) is 32.1 Å². The molecule has 3 heterocycles. The van der Waals surface area contributed by atoms with E-state index < -0.39 is 0 Å². The molecule has 1 unspecified atom stereocenters. The highest BCUT2D eigenvalue weighted by molar-refractivity contribution is 5.93. The van der Waals surface area contributed by atoms with E-state index in [0.717, 1.165) is 49.4 Å². The van der Waals surface area contributed by atoms with E-state index in [2.05, 4.69) is 53.5 Å². The fraction of sp³-hybridized carbons (Fsp3) is 0.520. The molecule has 1 aromatic carbocycles. The average molecular weight is 435 g/mol. The lowest BCUT2D eigenvalue weighted by atomic mass is 9.96. The van der Waals surface area contributed by atoms with Crippen LogP contribution in [0, 0.1) is 0 Å². The van der Waals surface area contributed by atoms with Crippen LogP contribution < -0.4 is 4.90 Å². The van der Waals surface area contributed by atoms with Crippen LogP contribution in [-0.2, 0) is 6.54 Å². The van der Waals surface area contributed by atoms with E-state index in [1.54, 1.807) is 0 Å². The largest absolute Gasteiger partial charge is 0.347 e. The van der Waals surface area contributed by atoms with Gasteiger partial charge in [0.25, 0.3) is 5.91 Å². The van der Waals surface area contributed by atoms with Crippen LogP contribution in [0.5, 0.6) is 0 Å². The molecule has 0 bridgehead atoms. The number of likely N-dealkylation sites (tertiary alicyclic amines) is 1. The molecular weight excluding hydrogens is 400 g/mol. The number of rotatable bonds is 6. The summed E-state index contributed by atoms with van der Waals surface area (Å²) in [6.07, 6.45) is 3.06. The lowest BCUT2D eigenvalue weighted by Gasteiger charge is -2.32. The number of piperidine rings is 1. The normalized spacial score (nSPS) is 16.7. The van der Waals surface area contributed by atoms with Crippen molar-refractivity contribution in [3.8, 4) is 0 Å². The molecule has 1 fully saturated rings. The molecule has 0 spiro atoms. The second-order valence-corrected chi connectivity index (χ2v) is 9.23. The zero-order valence-electron chi connectivity index (χ0n) is 19.9. The van der Waals surface area contributed by atoms with Gasteiger partial charge in [0, 0.05) is 45.3 Å². The number of hydrogen-bond donors (Lipinski definition) is 0. The summed E-state index contributed by atoms with van der Waals surface area (Å²) in [5, 5.41) is 0. The molecule has 32 heavy (non-hydrogen) atoms. The summed E-state index contributed by atoms with van der Waals surface area (Å²) in [5.41, 5.74) is 3.59. The summed E-state index contributed by atoms with van der Waals surface area (Å²) >= 11 is 0. The predicted molar refractivity (Wildman–Crippen MR) is 128 cm³/mol. The maximum Gasteiger partial charge on any atom is 0.272 e. The quantitative estimate of drug-likeness (QED) is 0.574. The van der Waals surface area contributed by atoms with Gasteiger partial charge in [-0.15, -0.1) is 0 Å². The number of amides is 1. The second-order valence-electron chi connectivity index (χ2n) is 9.23. The number of aromatic nitrogens is 4. The number of para-hydroxylation sites is 2. The fourth-order valence-corrected chi connectivity index (χ4v) is 4.46. The Bertz CT molecular complexity index is 1080. The molecule has 170 valence electrons. The monoisotopic (exact) mass is 434 g/mol. The standard InChI is InChI=1S/C25H34N6O/c1-6-13-31-22-12-8-7-11-19(22)26-23(31)18-10-9-14-30(16-18)24(32)21-15-20(17(2)3)27-25(28-21)29(4)5/h7-8,11-12,15,17-18H,6,9-10,13-14,16H2,1-5H3. The first-order valence-corrected chi connectivity index (χ1v) is 11.7. The van der Waals surface area contributed by atoms with Gasteiger partial charge in [0.1, 0.15) is 11.5 Å². The summed E-state index contributed by atoms with van der Waals surface area (Å²) in [6.45, 7) is 8.73. The smallest absolute Gasteiger partial charge is 0.272 e. The third kappa shape index (κ3) is 4.33. The Balaban J connectivity index is 1.63. The number of fused-ring (bicyclic) bond motifs is 1. The number of imidazole rings is 1. The van der Waals surface area contributed by atoms with E-state index >= 15 is 0 Å². The van der Waals surface area contributed by atoms with Gasteiger partial charge in [0.15, 0.2) is 0 Å². The van der Waals surface area contributed by atoms with Gasteiger partial charge in [-0.1, -0.05) is 32.9 Å². The molecule has 7 heteroatoms. The first kappa shape index (κ1) is 22.2. The van der Waals surface area contributed by atoms with Gasteiger partial charge in [-0.25, -0.2) is 15.0 Å². The second kappa shape index (κ2) is 9.27. The Morgan fingerprint density at radius 1 is 1.19 bits per heavy atom. The Morgan fingerprint density at radius 3 is 2.69 bits per heavy atom. The van der Waals surface area contributed by atoms with Gasteiger partial charge >= 0.3 is 0 Å². The third-order valence-electron chi connectivity index (χ3n) is 6.15. The number of aryl methyl sites for hydroxylation is 1. The molecule has 0 radical (unpaired) electrons. The minimum absolute atomic E-state index is 0.0137. The Morgan fingerprint density at radius 2 is 1.97 bits per heavy atom. The molecule has 3 aromatic rings. The van der Waals surface area contributed by atoms with Gasteiger partial charge in [-0.3, -0.25) is 4.79 Å². The van der Waals surface area contributed by atoms with Crippen molar-refractivity contribution in [2.24, 2.45) is 0 Å². The van der Waals surface area contributed by atoms with Crippen LogP contribution in [0.3, 0.4) is 0 Å². The van der Waals surface area contributed by atoms with Crippen molar-refractivity contribution < 1.29 is 4.79 Å². The number of hydrogen-bond acceptors (Lipinski definition) is 5. The highest BCUT2D eigenvalue weighted by atomic mass is 16.2. The summed E-state index contributed by atoms with van der Waals surface area (Å²) in [5.74, 6) is 2.13. The van der Waals surface area contributed by atoms with Crippen LogP contribution in [0.1, 0.15) is 73.9 Å². The first-order chi connectivity index (χ1) is 15.4. The number of nitrogens with zero attached hydrogens (tertiary/aromatic N) is 6. The van der Waals surface area contributed by atoms with Gasteiger partial charge in [0.2, 0.25) is 5.95 Å². The minimum atomic E-state index is -0.0137. The van der Waals surface area contributed by atoms with Crippen molar-refractivity contribution in [3.63, 3.8) is 0 Å². The number of benzene rings is 1. The Labute approximate surface area is 190 Å². The summed E-state index contributed by atoms with van der Waals surface area (Å²) < 4.78 is 2.35. The highest BCUT2D eigenvalue weighted by Gasteiger charge is 2.30. The van der Waals surface area contributed by atoms with Crippen molar-refractivity contribution >= 4 is 22.9 Å². The number of carbonyl (C=O) groups excluding carboxylic acids is 1.